The number of carbonyl (C=O) groups excluding carboxylic acids is 1. The van der Waals surface area contributed by atoms with Gasteiger partial charge in [-0.25, -0.2) is 0 Å². The number of hydrogen-bond acceptors (Lipinski definition) is 18. The van der Waals surface area contributed by atoms with E-state index in [4.69, 9.17) is 28.4 Å². The van der Waals surface area contributed by atoms with Gasteiger partial charge in [0.05, 0.1) is 38.6 Å². The maximum Gasteiger partial charge on any atom is 0.220 e. The fraction of sp³-hybridized carbons (Fsp3) is 0.949. The Morgan fingerprint density at radius 2 is 0.808 bits per heavy atom. The van der Waals surface area contributed by atoms with E-state index in [2.05, 4.69) is 31.3 Å². The third kappa shape index (κ3) is 26.8. The summed E-state index contributed by atoms with van der Waals surface area (Å²) >= 11 is 0. The summed E-state index contributed by atoms with van der Waals surface area (Å²) in [6, 6.07) is -0.881. The van der Waals surface area contributed by atoms with Crippen molar-refractivity contribution in [3.05, 3.63) is 12.2 Å². The SMILES string of the molecule is CCCCCCCCCC/C=C\CCCCCCCCCCCCCCCC(=O)NC(COC1OC(CO)C(OC2OC(CO)C(OC3OC(CO)C(O)C(O)C3O)C(O)C2O)C(O)C1O)C(O)CCCCCCCCCC. The molecule has 19 nitrogen and oxygen atoms in total. The fourth-order valence-electron chi connectivity index (χ4n) is 10.7. The molecule has 3 fully saturated rings. The van der Waals surface area contributed by atoms with E-state index in [0.29, 0.717) is 12.8 Å². The molecule has 0 saturated carbocycles. The average molecular weight is 1120 g/mol. The van der Waals surface area contributed by atoms with Gasteiger partial charge >= 0.3 is 0 Å². The monoisotopic (exact) mass is 1120 g/mol. The molecule has 3 heterocycles. The number of nitrogens with one attached hydrogen (secondary N) is 1. The van der Waals surface area contributed by atoms with Gasteiger partial charge in [-0.15, -0.1) is 0 Å². The number of amides is 1. The van der Waals surface area contributed by atoms with Crippen LogP contribution in [0.25, 0.3) is 0 Å². The lowest BCUT2D eigenvalue weighted by molar-refractivity contribution is -0.379. The van der Waals surface area contributed by atoms with Crippen molar-refractivity contribution in [3.8, 4) is 0 Å². The van der Waals surface area contributed by atoms with Gasteiger partial charge in [0.15, 0.2) is 18.9 Å². The van der Waals surface area contributed by atoms with Crippen LogP contribution in [0, 0.1) is 0 Å². The Labute approximate surface area is 467 Å². The first-order chi connectivity index (χ1) is 37.8. The van der Waals surface area contributed by atoms with Crippen molar-refractivity contribution in [2.24, 2.45) is 0 Å². The van der Waals surface area contributed by atoms with Gasteiger partial charge in [-0.05, 0) is 38.5 Å². The number of allylic oxidation sites excluding steroid dienone is 2. The van der Waals surface area contributed by atoms with E-state index in [0.717, 1.165) is 44.9 Å². The second-order valence-electron chi connectivity index (χ2n) is 22.5. The van der Waals surface area contributed by atoms with E-state index in [1.54, 1.807) is 0 Å². The molecule has 460 valence electrons. The van der Waals surface area contributed by atoms with E-state index in [-0.39, 0.29) is 18.9 Å². The Morgan fingerprint density at radius 3 is 1.24 bits per heavy atom. The van der Waals surface area contributed by atoms with Crippen molar-refractivity contribution in [2.75, 3.05) is 26.4 Å². The maximum atomic E-state index is 13.3. The highest BCUT2D eigenvalue weighted by Crippen LogP contribution is 2.33. The number of aliphatic hydroxyl groups excluding tert-OH is 11. The molecule has 3 aliphatic rings. The van der Waals surface area contributed by atoms with E-state index in [1.165, 1.54) is 148 Å². The predicted octanol–water partition coefficient (Wildman–Crippen LogP) is 5.77. The number of hydrogen-bond donors (Lipinski definition) is 12. The maximum absolute atomic E-state index is 13.3. The van der Waals surface area contributed by atoms with E-state index < -0.39 is 124 Å². The van der Waals surface area contributed by atoms with Crippen molar-refractivity contribution in [3.63, 3.8) is 0 Å². The molecule has 12 N–H and O–H groups in total. The first-order valence-corrected chi connectivity index (χ1v) is 30.9. The molecule has 0 aromatic heterocycles. The first-order valence-electron chi connectivity index (χ1n) is 30.9. The average Bonchev–Trinajstić information content (AvgIpc) is 3.48. The van der Waals surface area contributed by atoms with Crippen molar-refractivity contribution in [2.45, 2.75) is 330 Å². The summed E-state index contributed by atoms with van der Waals surface area (Å²) in [7, 11) is 0. The van der Waals surface area contributed by atoms with E-state index in [9.17, 15) is 61.0 Å². The van der Waals surface area contributed by atoms with Gasteiger partial charge in [-0.1, -0.05) is 193 Å². The van der Waals surface area contributed by atoms with Crippen LogP contribution in [-0.4, -0.2) is 193 Å². The minimum atomic E-state index is -1.97. The van der Waals surface area contributed by atoms with Crippen LogP contribution in [-0.2, 0) is 33.2 Å². The standard InChI is InChI=1S/C59H111NO18/c1-3-5-7-9-11-13-14-15-16-17-18-19-20-21-22-23-24-25-26-27-28-29-31-33-35-37-47(65)60-42(43(64)36-34-32-30-12-10-8-6-4-2)41-73-57-53(71)50(68)55(45(39-62)75-57)78-59-54(72)51(69)56(46(40-63)76-59)77-58-52(70)49(67)48(66)44(38-61)74-58/h17-18,42-46,48-59,61-64,66-72H,3-16,19-41H2,1-2H3,(H,60,65)/b18-17-. The molecule has 0 aromatic rings. The smallest absolute Gasteiger partial charge is 0.220 e. The molecular formula is C59H111NO18. The molecule has 78 heavy (non-hydrogen) atoms. The molecule has 0 radical (unpaired) electrons. The molecule has 3 aliphatic heterocycles. The Hall–Kier alpha value is -1.47. The highest BCUT2D eigenvalue weighted by Gasteiger charge is 2.53. The Bertz CT molecular complexity index is 1480. The normalized spacial score (nSPS) is 30.5. The van der Waals surface area contributed by atoms with Gasteiger partial charge in [-0.2, -0.15) is 0 Å². The third-order valence-electron chi connectivity index (χ3n) is 15.8. The lowest BCUT2D eigenvalue weighted by atomic mass is 9.96. The number of carbonyl (C=O) groups is 1. The van der Waals surface area contributed by atoms with Gasteiger partial charge in [0.25, 0.3) is 0 Å². The van der Waals surface area contributed by atoms with Crippen LogP contribution in [0.3, 0.4) is 0 Å². The molecule has 17 atom stereocenters. The topological polar surface area (TPSA) is 307 Å². The van der Waals surface area contributed by atoms with Crippen LogP contribution in [0.5, 0.6) is 0 Å². The first kappa shape index (κ1) is 70.8. The number of unbranched alkanes of at least 4 members (excludes halogenated alkanes) is 28. The Balaban J connectivity index is 1.39. The zero-order valence-electron chi connectivity index (χ0n) is 47.9. The Morgan fingerprint density at radius 1 is 0.449 bits per heavy atom. The summed E-state index contributed by atoms with van der Waals surface area (Å²) in [5.74, 6) is -0.244. The molecule has 19 heteroatoms. The molecule has 17 unspecified atom stereocenters. The van der Waals surface area contributed by atoms with Gasteiger partial charge in [0.1, 0.15) is 73.2 Å². The summed E-state index contributed by atoms with van der Waals surface area (Å²) in [4.78, 5) is 13.3. The van der Waals surface area contributed by atoms with Crippen LogP contribution in [0.2, 0.25) is 0 Å². The van der Waals surface area contributed by atoms with Crippen LogP contribution in [0.4, 0.5) is 0 Å². The van der Waals surface area contributed by atoms with Crippen molar-refractivity contribution in [1.29, 1.82) is 0 Å². The highest BCUT2D eigenvalue weighted by atomic mass is 16.8. The van der Waals surface area contributed by atoms with E-state index >= 15 is 0 Å². The summed E-state index contributed by atoms with van der Waals surface area (Å²) in [5.41, 5.74) is 0. The molecular weight excluding hydrogens is 1010 g/mol. The van der Waals surface area contributed by atoms with Crippen LogP contribution in [0.15, 0.2) is 12.2 Å². The van der Waals surface area contributed by atoms with Gasteiger partial charge in [0.2, 0.25) is 5.91 Å². The van der Waals surface area contributed by atoms with Crippen LogP contribution in [0.1, 0.15) is 226 Å². The summed E-state index contributed by atoms with van der Waals surface area (Å²) in [5, 5.41) is 120. The number of ether oxygens (including phenoxy) is 6. The third-order valence-corrected chi connectivity index (χ3v) is 15.8. The van der Waals surface area contributed by atoms with Crippen molar-refractivity contribution in [1.82, 2.24) is 5.32 Å². The van der Waals surface area contributed by atoms with Crippen molar-refractivity contribution < 1.29 is 89.4 Å². The second kappa shape index (κ2) is 43.2. The van der Waals surface area contributed by atoms with Crippen molar-refractivity contribution >= 4 is 5.91 Å². The number of aliphatic hydroxyl groups is 11. The molecule has 3 saturated heterocycles. The lowest BCUT2D eigenvalue weighted by Crippen LogP contribution is -2.66. The minimum Gasteiger partial charge on any atom is -0.394 e. The van der Waals surface area contributed by atoms with Gasteiger partial charge in [-0.3, -0.25) is 4.79 Å². The van der Waals surface area contributed by atoms with Gasteiger partial charge in [0, 0.05) is 6.42 Å². The minimum absolute atomic E-state index is 0.244. The molecule has 0 aromatic carbocycles. The van der Waals surface area contributed by atoms with Gasteiger partial charge < -0.3 is 89.9 Å². The molecule has 0 spiro atoms. The molecule has 3 rings (SSSR count). The largest absolute Gasteiger partial charge is 0.394 e. The summed E-state index contributed by atoms with van der Waals surface area (Å²) in [6.07, 6.45) is 16.2. The second-order valence-corrected chi connectivity index (χ2v) is 22.5. The lowest BCUT2D eigenvalue weighted by Gasteiger charge is -2.48. The van der Waals surface area contributed by atoms with Crippen LogP contribution < -0.4 is 5.32 Å². The van der Waals surface area contributed by atoms with Crippen LogP contribution >= 0.6 is 0 Å². The molecule has 0 aliphatic carbocycles. The number of rotatable bonds is 46. The zero-order chi connectivity index (χ0) is 56.9. The zero-order valence-corrected chi connectivity index (χ0v) is 47.9. The molecule has 0 bridgehead atoms. The highest BCUT2D eigenvalue weighted by molar-refractivity contribution is 5.76. The fourth-order valence-corrected chi connectivity index (χ4v) is 10.7. The molecule has 1 amide bonds. The Kier molecular flexibility index (Phi) is 39.2. The predicted molar refractivity (Wildman–Crippen MR) is 296 cm³/mol. The summed E-state index contributed by atoms with van der Waals surface area (Å²) in [6.45, 7) is 1.75. The summed E-state index contributed by atoms with van der Waals surface area (Å²) < 4.78 is 34.2. The van der Waals surface area contributed by atoms with E-state index in [1.807, 2.05) is 0 Å². The quantitative estimate of drug-likeness (QED) is 0.0254.